The van der Waals surface area contributed by atoms with E-state index in [-0.39, 0.29) is 0 Å². The first-order valence-corrected chi connectivity index (χ1v) is 5.83. The largest absolute Gasteiger partial charge is 0.399 e. The van der Waals surface area contributed by atoms with Crippen LogP contribution in [0.5, 0.6) is 0 Å². The Balaban J connectivity index is 2.35. The van der Waals surface area contributed by atoms with Crippen molar-refractivity contribution >= 4 is 34.6 Å². The Morgan fingerprint density at radius 3 is 2.40 bits per heavy atom. The van der Waals surface area contributed by atoms with E-state index in [1.807, 2.05) is 0 Å². The summed E-state index contributed by atoms with van der Waals surface area (Å²) in [6.07, 6.45) is 1.19. The number of halogens is 2. The number of nitrogen functional groups attached to an aromatic ring is 1. The molecule has 1 heterocycles. The molecule has 0 amide bonds. The molecule has 1 atom stereocenters. The topological polar surface area (TPSA) is 29.3 Å². The maximum absolute atomic E-state index is 6.16. The second kappa shape index (κ2) is 4.11. The van der Waals surface area contributed by atoms with Gasteiger partial charge in [-0.15, -0.1) is 0 Å². The zero-order valence-electron chi connectivity index (χ0n) is 8.63. The summed E-state index contributed by atoms with van der Waals surface area (Å²) < 4.78 is 0. The SMILES string of the molecule is CC1CCN(c2c(Cl)cc(N)cc2Cl)C1. The summed E-state index contributed by atoms with van der Waals surface area (Å²) >= 11 is 12.3. The van der Waals surface area contributed by atoms with Gasteiger partial charge in [-0.1, -0.05) is 30.1 Å². The first-order valence-electron chi connectivity index (χ1n) is 5.07. The van der Waals surface area contributed by atoms with Crippen LogP contribution in [0.2, 0.25) is 10.0 Å². The van der Waals surface area contributed by atoms with Crippen molar-refractivity contribution in [2.45, 2.75) is 13.3 Å². The molecule has 1 fully saturated rings. The predicted molar refractivity (Wildman–Crippen MR) is 66.9 cm³/mol. The molecule has 0 aliphatic carbocycles. The van der Waals surface area contributed by atoms with Crippen molar-refractivity contribution in [1.82, 2.24) is 0 Å². The van der Waals surface area contributed by atoms with Gasteiger partial charge >= 0.3 is 0 Å². The zero-order valence-corrected chi connectivity index (χ0v) is 10.1. The molecule has 0 spiro atoms. The molecule has 1 unspecified atom stereocenters. The van der Waals surface area contributed by atoms with Crippen LogP contribution in [0.3, 0.4) is 0 Å². The molecular formula is C11H14Cl2N2. The lowest BCUT2D eigenvalue weighted by Crippen LogP contribution is -2.19. The number of nitrogens with two attached hydrogens (primary N) is 1. The van der Waals surface area contributed by atoms with Crippen LogP contribution in [0.4, 0.5) is 11.4 Å². The first kappa shape index (κ1) is 10.9. The first-order chi connectivity index (χ1) is 7.08. The summed E-state index contributed by atoms with van der Waals surface area (Å²) in [5.74, 6) is 0.703. The molecule has 2 rings (SSSR count). The summed E-state index contributed by atoms with van der Waals surface area (Å²) in [6, 6.07) is 3.51. The summed E-state index contributed by atoms with van der Waals surface area (Å²) in [4.78, 5) is 2.23. The van der Waals surface area contributed by atoms with E-state index in [4.69, 9.17) is 28.9 Å². The molecule has 2 nitrogen and oxygen atoms in total. The number of hydrogen-bond donors (Lipinski definition) is 1. The number of hydrogen-bond acceptors (Lipinski definition) is 2. The second-order valence-corrected chi connectivity index (χ2v) is 4.99. The Bertz CT molecular complexity index is 356. The molecule has 0 bridgehead atoms. The van der Waals surface area contributed by atoms with E-state index in [1.54, 1.807) is 12.1 Å². The predicted octanol–water partition coefficient (Wildman–Crippen LogP) is 3.42. The average molecular weight is 245 g/mol. The van der Waals surface area contributed by atoms with Crippen LogP contribution in [-0.2, 0) is 0 Å². The molecule has 15 heavy (non-hydrogen) atoms. The lowest BCUT2D eigenvalue weighted by atomic mass is 10.2. The van der Waals surface area contributed by atoms with Crippen LogP contribution in [0, 0.1) is 5.92 Å². The number of benzene rings is 1. The Kier molecular flexibility index (Phi) is 2.98. The van der Waals surface area contributed by atoms with Crippen LogP contribution >= 0.6 is 23.2 Å². The van der Waals surface area contributed by atoms with E-state index in [0.29, 0.717) is 21.7 Å². The van der Waals surface area contributed by atoms with Gasteiger partial charge < -0.3 is 10.6 Å². The highest BCUT2D eigenvalue weighted by atomic mass is 35.5. The monoisotopic (exact) mass is 244 g/mol. The van der Waals surface area contributed by atoms with Gasteiger partial charge in [-0.05, 0) is 24.5 Å². The maximum atomic E-state index is 6.16. The van der Waals surface area contributed by atoms with Gasteiger partial charge in [0.25, 0.3) is 0 Å². The molecule has 1 aliphatic heterocycles. The van der Waals surface area contributed by atoms with Gasteiger partial charge in [0.15, 0.2) is 0 Å². The Morgan fingerprint density at radius 1 is 1.33 bits per heavy atom. The number of rotatable bonds is 1. The smallest absolute Gasteiger partial charge is 0.0746 e. The number of anilines is 2. The highest BCUT2D eigenvalue weighted by molar-refractivity contribution is 6.39. The van der Waals surface area contributed by atoms with Crippen molar-refractivity contribution in [3.63, 3.8) is 0 Å². The fraction of sp³-hybridized carbons (Fsp3) is 0.455. The molecule has 0 radical (unpaired) electrons. The van der Waals surface area contributed by atoms with Crippen molar-refractivity contribution < 1.29 is 0 Å². The van der Waals surface area contributed by atoms with Crippen LogP contribution in [0.25, 0.3) is 0 Å². The zero-order chi connectivity index (χ0) is 11.0. The summed E-state index contributed by atoms with van der Waals surface area (Å²) in [5, 5.41) is 1.29. The normalized spacial score (nSPS) is 21.0. The molecule has 2 N–H and O–H groups in total. The summed E-state index contributed by atoms with van der Waals surface area (Å²) in [7, 11) is 0. The summed E-state index contributed by atoms with van der Waals surface area (Å²) in [5.41, 5.74) is 7.21. The minimum Gasteiger partial charge on any atom is -0.399 e. The van der Waals surface area contributed by atoms with E-state index < -0.39 is 0 Å². The molecule has 4 heteroatoms. The molecule has 82 valence electrons. The lowest BCUT2D eigenvalue weighted by Gasteiger charge is -2.21. The molecule has 1 aliphatic rings. The Morgan fingerprint density at radius 2 is 1.93 bits per heavy atom. The fourth-order valence-electron chi connectivity index (χ4n) is 2.03. The third-order valence-electron chi connectivity index (χ3n) is 2.78. The summed E-state index contributed by atoms with van der Waals surface area (Å²) in [6.45, 7) is 4.27. The van der Waals surface area contributed by atoms with Crippen LogP contribution in [0.1, 0.15) is 13.3 Å². The Hall–Kier alpha value is -0.600. The highest BCUT2D eigenvalue weighted by Crippen LogP contribution is 2.38. The van der Waals surface area contributed by atoms with Crippen molar-refractivity contribution in [2.24, 2.45) is 5.92 Å². The van der Waals surface area contributed by atoms with Gasteiger partial charge in [0.05, 0.1) is 15.7 Å². The molecule has 0 saturated carbocycles. The average Bonchev–Trinajstić information content (AvgIpc) is 2.49. The van der Waals surface area contributed by atoms with Crippen LogP contribution in [-0.4, -0.2) is 13.1 Å². The third-order valence-corrected chi connectivity index (χ3v) is 3.36. The molecule has 0 aromatic heterocycles. The maximum Gasteiger partial charge on any atom is 0.0746 e. The van der Waals surface area contributed by atoms with Crippen molar-refractivity contribution in [3.05, 3.63) is 22.2 Å². The van der Waals surface area contributed by atoms with E-state index in [0.717, 1.165) is 18.8 Å². The standard InChI is InChI=1S/C11H14Cl2N2/c1-7-2-3-15(6-7)11-9(12)4-8(14)5-10(11)13/h4-5,7H,2-3,6,14H2,1H3. The van der Waals surface area contributed by atoms with E-state index in [9.17, 15) is 0 Å². The van der Waals surface area contributed by atoms with Gasteiger partial charge in [0.1, 0.15) is 0 Å². The van der Waals surface area contributed by atoms with Crippen LogP contribution < -0.4 is 10.6 Å². The van der Waals surface area contributed by atoms with Gasteiger partial charge in [0.2, 0.25) is 0 Å². The Labute approximate surface area is 100.0 Å². The van der Waals surface area contributed by atoms with Crippen molar-refractivity contribution in [1.29, 1.82) is 0 Å². The molecule has 1 saturated heterocycles. The van der Waals surface area contributed by atoms with E-state index >= 15 is 0 Å². The minimum absolute atomic E-state index is 0.612. The van der Waals surface area contributed by atoms with Crippen molar-refractivity contribution in [2.75, 3.05) is 23.7 Å². The lowest BCUT2D eigenvalue weighted by molar-refractivity contribution is 0.659. The van der Waals surface area contributed by atoms with Gasteiger partial charge in [0, 0.05) is 18.8 Å². The van der Waals surface area contributed by atoms with Gasteiger partial charge in [-0.3, -0.25) is 0 Å². The molecular weight excluding hydrogens is 231 g/mol. The van der Waals surface area contributed by atoms with Crippen molar-refractivity contribution in [3.8, 4) is 0 Å². The molecule has 1 aromatic carbocycles. The second-order valence-electron chi connectivity index (χ2n) is 4.17. The quantitative estimate of drug-likeness (QED) is 0.768. The van der Waals surface area contributed by atoms with E-state index in [2.05, 4.69) is 11.8 Å². The van der Waals surface area contributed by atoms with Gasteiger partial charge in [-0.2, -0.15) is 0 Å². The highest BCUT2D eigenvalue weighted by Gasteiger charge is 2.22. The van der Waals surface area contributed by atoms with Crippen LogP contribution in [0.15, 0.2) is 12.1 Å². The van der Waals surface area contributed by atoms with E-state index in [1.165, 1.54) is 6.42 Å². The fourth-order valence-corrected chi connectivity index (χ4v) is 2.77. The van der Waals surface area contributed by atoms with Gasteiger partial charge in [-0.25, -0.2) is 0 Å². The third kappa shape index (κ3) is 2.16. The number of nitrogens with zero attached hydrogens (tertiary/aromatic N) is 1. The molecule has 1 aromatic rings. The minimum atomic E-state index is 0.612.